The van der Waals surface area contributed by atoms with Crippen LogP contribution < -0.4 is 0 Å². The van der Waals surface area contributed by atoms with Gasteiger partial charge in [0.25, 0.3) is 0 Å². The van der Waals surface area contributed by atoms with E-state index in [2.05, 4.69) is 6.58 Å². The van der Waals surface area contributed by atoms with Gasteiger partial charge in [-0.05, 0) is 6.42 Å². The highest BCUT2D eigenvalue weighted by molar-refractivity contribution is 7.98. The summed E-state index contributed by atoms with van der Waals surface area (Å²) in [6.45, 7) is 5.47. The molecule has 0 aromatic heterocycles. The molecule has 2 heteroatoms. The highest BCUT2D eigenvalue weighted by Gasteiger charge is 1.79. The van der Waals surface area contributed by atoms with Gasteiger partial charge in [-0.1, -0.05) is 13.0 Å². The third kappa shape index (κ3) is 4.09. The van der Waals surface area contributed by atoms with Crippen LogP contribution in [0.1, 0.15) is 13.3 Å². The van der Waals surface area contributed by atoms with Gasteiger partial charge in [0.2, 0.25) is 0 Å². The number of aliphatic hydroxyl groups is 1. The fourth-order valence-corrected chi connectivity index (χ4v) is 0.845. The molecule has 0 saturated heterocycles. The molecule has 0 saturated carbocycles. The van der Waals surface area contributed by atoms with E-state index in [1.807, 2.05) is 6.92 Å². The molecule has 0 radical (unpaired) electrons. The van der Waals surface area contributed by atoms with Gasteiger partial charge < -0.3 is 5.11 Å². The molecule has 48 valence electrons. The van der Waals surface area contributed by atoms with Crippen LogP contribution in [0.4, 0.5) is 0 Å². The van der Waals surface area contributed by atoms with Crippen LogP contribution in [-0.4, -0.2) is 15.9 Å². The normalized spacial score (nSPS) is 12.5. The van der Waals surface area contributed by atoms with Crippen molar-refractivity contribution >= 4 is 16.4 Å². The summed E-state index contributed by atoms with van der Waals surface area (Å²) in [5.74, 6) is 0.861. The van der Waals surface area contributed by atoms with Gasteiger partial charge in [-0.3, -0.25) is 0 Å². The Morgan fingerprint density at radius 1 is 1.88 bits per heavy atom. The van der Waals surface area contributed by atoms with E-state index in [1.54, 1.807) is 6.08 Å². The van der Waals surface area contributed by atoms with Crippen LogP contribution in [0.2, 0.25) is 0 Å². The Hall–Kier alpha value is -0.0800. The fourth-order valence-electron chi connectivity index (χ4n) is 0.282. The number of rotatable bonds is 3. The minimum absolute atomic E-state index is 0.546. The average molecular weight is 132 g/mol. The molecular formula is C6H12OS. The summed E-state index contributed by atoms with van der Waals surface area (Å²) in [5.41, 5.74) is 0. The van der Waals surface area contributed by atoms with Crippen molar-refractivity contribution in [3.63, 3.8) is 0 Å². The summed E-state index contributed by atoms with van der Waals surface area (Å²) in [7, 11) is 0. The van der Waals surface area contributed by atoms with E-state index in [1.165, 1.54) is 0 Å². The zero-order valence-corrected chi connectivity index (χ0v) is 5.99. The molecule has 1 nitrogen and oxygen atoms in total. The molecule has 0 aliphatic heterocycles. The number of thiol groups is 1. The summed E-state index contributed by atoms with van der Waals surface area (Å²) in [6, 6.07) is 0. The maximum atomic E-state index is 8.85. The minimum Gasteiger partial charge on any atom is -0.360 e. The van der Waals surface area contributed by atoms with Gasteiger partial charge in [-0.25, -0.2) is 0 Å². The van der Waals surface area contributed by atoms with Crippen LogP contribution in [0.15, 0.2) is 12.7 Å². The molecule has 8 heavy (non-hydrogen) atoms. The molecule has 1 N–H and O–H groups in total. The molecule has 0 aliphatic carbocycles. The Balaban J connectivity index is 3.40. The standard InChI is InChI=1S/C6H12OS/c1-3-5-8-6(7)4-2/h3,7-8H,1,4-5H2,2H3. The molecule has 0 aromatic carbocycles. The van der Waals surface area contributed by atoms with E-state index >= 15 is 0 Å². The van der Waals surface area contributed by atoms with Gasteiger partial charge in [0.05, 0.1) is 5.05 Å². The summed E-state index contributed by atoms with van der Waals surface area (Å²) < 4.78 is 0. The first-order chi connectivity index (χ1) is 3.81. The van der Waals surface area contributed by atoms with Crippen molar-refractivity contribution in [3.05, 3.63) is 12.7 Å². The Kier molecular flexibility index (Phi) is 5.01. The average Bonchev–Trinajstić information content (AvgIpc) is 1.83. The van der Waals surface area contributed by atoms with Crippen molar-refractivity contribution in [2.45, 2.75) is 13.3 Å². The van der Waals surface area contributed by atoms with Crippen LogP contribution in [0.25, 0.3) is 0 Å². The Morgan fingerprint density at radius 2 is 2.50 bits per heavy atom. The Bertz CT molecular complexity index is 96.7. The predicted octanol–water partition coefficient (Wildman–Crippen LogP) is 1.74. The van der Waals surface area contributed by atoms with Crippen LogP contribution in [0.5, 0.6) is 0 Å². The van der Waals surface area contributed by atoms with E-state index in [4.69, 9.17) is 5.11 Å². The summed E-state index contributed by atoms with van der Waals surface area (Å²) in [5, 5.41) is 9.39. The molecule has 0 rings (SSSR count). The third-order valence-corrected chi connectivity index (χ3v) is 1.84. The molecule has 0 unspecified atom stereocenters. The molecule has 0 aromatic rings. The van der Waals surface area contributed by atoms with E-state index in [9.17, 15) is 0 Å². The van der Waals surface area contributed by atoms with Crippen LogP contribution in [0.3, 0.4) is 0 Å². The van der Waals surface area contributed by atoms with Crippen molar-refractivity contribution in [2.24, 2.45) is 0 Å². The third-order valence-electron chi connectivity index (χ3n) is 0.719. The quantitative estimate of drug-likeness (QED) is 0.340. The zero-order valence-electron chi connectivity index (χ0n) is 5.09. The highest BCUT2D eigenvalue weighted by atomic mass is 32.1. The fraction of sp³-hybridized carbons (Fsp3) is 0.500. The van der Waals surface area contributed by atoms with Gasteiger partial charge in [0, 0.05) is 5.75 Å². The molecule has 0 spiro atoms. The number of hydrogen-bond donors (Lipinski definition) is 2. The maximum Gasteiger partial charge on any atom is 0.0695 e. The molecule has 0 atom stereocenters. The maximum absolute atomic E-state index is 8.85. The van der Waals surface area contributed by atoms with E-state index in [0.717, 1.165) is 23.5 Å². The van der Waals surface area contributed by atoms with Gasteiger partial charge in [-0.15, -0.1) is 6.58 Å². The summed E-state index contributed by atoms with van der Waals surface area (Å²) in [4.78, 5) is 0. The van der Waals surface area contributed by atoms with E-state index in [0.29, 0.717) is 5.05 Å². The second-order valence-electron chi connectivity index (χ2n) is 1.40. The summed E-state index contributed by atoms with van der Waals surface area (Å²) >= 11 is 0.995. The SMILES string of the molecule is C=CC[SH]=C(O)CC. The van der Waals surface area contributed by atoms with Crippen LogP contribution in [-0.2, 0) is 0 Å². The number of hydrogen-bond acceptors (Lipinski definition) is 0. The van der Waals surface area contributed by atoms with Gasteiger partial charge in [0.15, 0.2) is 0 Å². The lowest BCUT2D eigenvalue weighted by molar-refractivity contribution is 0.552. The van der Waals surface area contributed by atoms with Crippen molar-refractivity contribution in [1.82, 2.24) is 0 Å². The monoisotopic (exact) mass is 132 g/mol. The lowest BCUT2D eigenvalue weighted by Crippen LogP contribution is -1.87. The smallest absolute Gasteiger partial charge is 0.0695 e. The number of aliphatic hydroxyl groups excluding tert-OH is 1. The Labute approximate surface area is 54.0 Å². The van der Waals surface area contributed by atoms with Gasteiger partial charge >= 0.3 is 0 Å². The predicted molar refractivity (Wildman–Crippen MR) is 42.0 cm³/mol. The molecular weight excluding hydrogens is 120 g/mol. The van der Waals surface area contributed by atoms with E-state index < -0.39 is 0 Å². The molecule has 0 aliphatic rings. The summed E-state index contributed by atoms with van der Waals surface area (Å²) in [6.07, 6.45) is 2.56. The zero-order chi connectivity index (χ0) is 6.41. The van der Waals surface area contributed by atoms with Crippen LogP contribution >= 0.6 is 11.4 Å². The van der Waals surface area contributed by atoms with Crippen molar-refractivity contribution < 1.29 is 5.11 Å². The largest absolute Gasteiger partial charge is 0.360 e. The molecule has 0 bridgehead atoms. The second-order valence-corrected chi connectivity index (χ2v) is 2.60. The van der Waals surface area contributed by atoms with Gasteiger partial charge in [0.1, 0.15) is 0 Å². The van der Waals surface area contributed by atoms with E-state index in [-0.39, 0.29) is 0 Å². The molecule has 0 amide bonds. The Morgan fingerprint density at radius 3 is 2.88 bits per heavy atom. The van der Waals surface area contributed by atoms with Crippen molar-refractivity contribution in [3.8, 4) is 0 Å². The van der Waals surface area contributed by atoms with Crippen molar-refractivity contribution in [1.29, 1.82) is 0 Å². The molecule has 0 fully saturated rings. The van der Waals surface area contributed by atoms with Crippen molar-refractivity contribution in [2.75, 3.05) is 5.75 Å². The first kappa shape index (κ1) is 7.92. The first-order valence-corrected chi connectivity index (χ1v) is 3.72. The molecule has 0 heterocycles. The topological polar surface area (TPSA) is 20.2 Å². The first-order valence-electron chi connectivity index (χ1n) is 2.64. The lowest BCUT2D eigenvalue weighted by Gasteiger charge is -1.89. The highest BCUT2D eigenvalue weighted by Crippen LogP contribution is 1.91. The second kappa shape index (κ2) is 5.06. The lowest BCUT2D eigenvalue weighted by atomic mass is 10.5. The van der Waals surface area contributed by atoms with Gasteiger partial charge in [-0.2, -0.15) is 11.4 Å². The van der Waals surface area contributed by atoms with Crippen LogP contribution in [0, 0.1) is 0 Å². The minimum atomic E-state index is 0.546.